The number of nitrogens with zero attached hydrogens (tertiary/aromatic N) is 4. The van der Waals surface area contributed by atoms with Crippen LogP contribution in [0.2, 0.25) is 10.0 Å². The number of tetrazole rings is 1. The highest BCUT2D eigenvalue weighted by atomic mass is 35.5. The average Bonchev–Trinajstić information content (AvgIpc) is 2.88. The first-order valence-electron chi connectivity index (χ1n) is 6.45. The first-order chi connectivity index (χ1) is 10.0. The second-order valence-corrected chi connectivity index (χ2v) is 5.44. The fourth-order valence-electron chi connectivity index (χ4n) is 2.03. The number of aliphatic carboxylic acids is 1. The van der Waals surface area contributed by atoms with Crippen molar-refractivity contribution in [1.29, 1.82) is 0 Å². The molecule has 21 heavy (non-hydrogen) atoms. The van der Waals surface area contributed by atoms with E-state index < -0.39 is 5.97 Å². The van der Waals surface area contributed by atoms with Crippen LogP contribution in [0.1, 0.15) is 19.8 Å². The van der Waals surface area contributed by atoms with Crippen LogP contribution in [0, 0.1) is 5.92 Å². The summed E-state index contributed by atoms with van der Waals surface area (Å²) in [7, 11) is 0. The Morgan fingerprint density at radius 3 is 2.86 bits per heavy atom. The lowest BCUT2D eigenvalue weighted by molar-refractivity contribution is -0.138. The van der Waals surface area contributed by atoms with Gasteiger partial charge in [0.15, 0.2) is 5.82 Å². The van der Waals surface area contributed by atoms with E-state index in [2.05, 4.69) is 15.5 Å². The second-order valence-electron chi connectivity index (χ2n) is 4.66. The highest BCUT2D eigenvalue weighted by Crippen LogP contribution is 2.32. The van der Waals surface area contributed by atoms with Crippen molar-refractivity contribution < 1.29 is 9.90 Å². The average molecular weight is 329 g/mol. The number of benzene rings is 1. The highest BCUT2D eigenvalue weighted by molar-refractivity contribution is 6.43. The molecule has 1 atom stereocenters. The van der Waals surface area contributed by atoms with E-state index in [1.807, 2.05) is 6.92 Å². The predicted octanol–water partition coefficient (Wildman–Crippen LogP) is 3.15. The number of halogens is 2. The molecule has 0 saturated carbocycles. The zero-order valence-corrected chi connectivity index (χ0v) is 12.8. The van der Waals surface area contributed by atoms with Gasteiger partial charge in [0.1, 0.15) is 0 Å². The first kappa shape index (κ1) is 15.7. The topological polar surface area (TPSA) is 80.9 Å². The maximum Gasteiger partial charge on any atom is 0.303 e. The van der Waals surface area contributed by atoms with Crippen LogP contribution in [0.4, 0.5) is 0 Å². The lowest BCUT2D eigenvalue weighted by Crippen LogP contribution is -2.16. The van der Waals surface area contributed by atoms with Crippen LogP contribution in [-0.4, -0.2) is 31.3 Å². The van der Waals surface area contributed by atoms with E-state index in [0.29, 0.717) is 28.0 Å². The quantitative estimate of drug-likeness (QED) is 0.880. The first-order valence-corrected chi connectivity index (χ1v) is 7.20. The largest absolute Gasteiger partial charge is 0.481 e. The summed E-state index contributed by atoms with van der Waals surface area (Å²) in [5, 5.41) is 21.2. The molecule has 0 aliphatic carbocycles. The number of carboxylic acids is 1. The molecule has 1 heterocycles. The molecule has 0 radical (unpaired) electrons. The Hall–Kier alpha value is -1.66. The molecule has 0 amide bonds. The van der Waals surface area contributed by atoms with Crippen LogP contribution in [0.5, 0.6) is 0 Å². The zero-order valence-electron chi connectivity index (χ0n) is 11.3. The summed E-state index contributed by atoms with van der Waals surface area (Å²) < 4.78 is 1.56. The lowest BCUT2D eigenvalue weighted by atomic mass is 10.0. The molecule has 0 fully saturated rings. The Kier molecular flexibility index (Phi) is 5.14. The number of aromatic nitrogens is 4. The summed E-state index contributed by atoms with van der Waals surface area (Å²) in [5.41, 5.74) is 0.624. The Morgan fingerprint density at radius 2 is 2.19 bits per heavy atom. The van der Waals surface area contributed by atoms with Crippen LogP contribution >= 0.6 is 23.2 Å². The number of hydrogen-bond acceptors (Lipinski definition) is 4. The highest BCUT2D eigenvalue weighted by Gasteiger charge is 2.18. The van der Waals surface area contributed by atoms with Crippen LogP contribution in [0.25, 0.3) is 11.4 Å². The minimum Gasteiger partial charge on any atom is -0.481 e. The van der Waals surface area contributed by atoms with Gasteiger partial charge in [-0.3, -0.25) is 4.79 Å². The molecule has 8 heteroatoms. The van der Waals surface area contributed by atoms with Gasteiger partial charge in [-0.2, -0.15) is 0 Å². The molecule has 2 aromatic rings. The molecule has 0 aliphatic rings. The SMILES string of the molecule is CCC(CC(=O)O)Cn1nnnc1-c1cccc(Cl)c1Cl. The number of rotatable bonds is 6. The minimum atomic E-state index is -0.836. The normalized spacial score (nSPS) is 12.3. The predicted molar refractivity (Wildman–Crippen MR) is 79.3 cm³/mol. The summed E-state index contributed by atoms with van der Waals surface area (Å²) in [6.07, 6.45) is 0.786. The molecule has 0 bridgehead atoms. The molecule has 0 aliphatic heterocycles. The Labute approximate surface area is 131 Å². The summed E-state index contributed by atoms with van der Waals surface area (Å²) in [6.45, 7) is 2.35. The van der Waals surface area contributed by atoms with E-state index in [4.69, 9.17) is 28.3 Å². The molecule has 1 N–H and O–H groups in total. The van der Waals surface area contributed by atoms with E-state index in [1.54, 1.807) is 22.9 Å². The van der Waals surface area contributed by atoms with Crippen molar-refractivity contribution >= 4 is 29.2 Å². The van der Waals surface area contributed by atoms with Gasteiger partial charge in [-0.15, -0.1) is 5.10 Å². The van der Waals surface area contributed by atoms with Gasteiger partial charge in [0.2, 0.25) is 0 Å². The van der Waals surface area contributed by atoms with Gasteiger partial charge in [0, 0.05) is 18.5 Å². The molecule has 2 rings (SSSR count). The van der Waals surface area contributed by atoms with Crippen molar-refractivity contribution in [3.05, 3.63) is 28.2 Å². The molecular formula is C13H14Cl2N4O2. The third kappa shape index (κ3) is 3.71. The van der Waals surface area contributed by atoms with Crippen LogP contribution in [-0.2, 0) is 11.3 Å². The molecule has 1 unspecified atom stereocenters. The van der Waals surface area contributed by atoms with Gasteiger partial charge in [0.25, 0.3) is 0 Å². The number of carboxylic acid groups (broad SMARTS) is 1. The van der Waals surface area contributed by atoms with Gasteiger partial charge in [-0.25, -0.2) is 4.68 Å². The van der Waals surface area contributed by atoms with Gasteiger partial charge in [-0.1, -0.05) is 42.6 Å². The van der Waals surface area contributed by atoms with E-state index >= 15 is 0 Å². The zero-order chi connectivity index (χ0) is 15.4. The molecule has 0 saturated heterocycles. The van der Waals surface area contributed by atoms with E-state index in [9.17, 15) is 4.79 Å². The van der Waals surface area contributed by atoms with E-state index in [0.717, 1.165) is 6.42 Å². The second kappa shape index (κ2) is 6.87. The number of hydrogen-bond donors (Lipinski definition) is 1. The van der Waals surface area contributed by atoms with Crippen molar-refractivity contribution in [3.63, 3.8) is 0 Å². The minimum absolute atomic E-state index is 0.0530. The van der Waals surface area contributed by atoms with Gasteiger partial charge in [0.05, 0.1) is 10.0 Å². The fraction of sp³-hybridized carbons (Fsp3) is 0.385. The third-order valence-electron chi connectivity index (χ3n) is 3.20. The lowest BCUT2D eigenvalue weighted by Gasteiger charge is -2.13. The van der Waals surface area contributed by atoms with Crippen LogP contribution in [0.3, 0.4) is 0 Å². The van der Waals surface area contributed by atoms with Crippen molar-refractivity contribution in [3.8, 4) is 11.4 Å². The standard InChI is InChI=1S/C13H14Cl2N4O2/c1-2-8(6-11(20)21)7-19-13(16-17-18-19)9-4-3-5-10(14)12(9)15/h3-5,8H,2,6-7H2,1H3,(H,20,21). The van der Waals surface area contributed by atoms with Crippen LogP contribution in [0.15, 0.2) is 18.2 Å². The summed E-state index contributed by atoms with van der Waals surface area (Å²) in [5.74, 6) is -0.411. The molecule has 6 nitrogen and oxygen atoms in total. The van der Waals surface area contributed by atoms with Gasteiger partial charge < -0.3 is 5.11 Å². The molecular weight excluding hydrogens is 315 g/mol. The van der Waals surface area contributed by atoms with E-state index in [-0.39, 0.29) is 12.3 Å². The Bertz CT molecular complexity index is 645. The van der Waals surface area contributed by atoms with Crippen molar-refractivity contribution in [2.75, 3.05) is 0 Å². The van der Waals surface area contributed by atoms with Crippen molar-refractivity contribution in [2.24, 2.45) is 5.92 Å². The summed E-state index contributed by atoms with van der Waals surface area (Å²) >= 11 is 12.2. The van der Waals surface area contributed by atoms with E-state index in [1.165, 1.54) is 0 Å². The maximum atomic E-state index is 10.9. The summed E-state index contributed by atoms with van der Waals surface area (Å²) in [4.78, 5) is 10.9. The van der Waals surface area contributed by atoms with Gasteiger partial charge in [-0.05, 0) is 28.5 Å². The van der Waals surface area contributed by atoms with Gasteiger partial charge >= 0.3 is 5.97 Å². The molecule has 112 valence electrons. The Morgan fingerprint density at radius 1 is 1.43 bits per heavy atom. The maximum absolute atomic E-state index is 10.9. The monoisotopic (exact) mass is 328 g/mol. The van der Waals surface area contributed by atoms with Crippen molar-refractivity contribution in [2.45, 2.75) is 26.3 Å². The molecule has 1 aromatic carbocycles. The van der Waals surface area contributed by atoms with Crippen LogP contribution < -0.4 is 0 Å². The molecule has 0 spiro atoms. The summed E-state index contributed by atoms with van der Waals surface area (Å²) in [6, 6.07) is 5.21. The fourth-order valence-corrected chi connectivity index (χ4v) is 2.41. The molecule has 1 aromatic heterocycles. The third-order valence-corrected chi connectivity index (χ3v) is 4.02. The number of carbonyl (C=O) groups is 1. The van der Waals surface area contributed by atoms with Crippen molar-refractivity contribution in [1.82, 2.24) is 20.2 Å². The smallest absolute Gasteiger partial charge is 0.303 e. The Balaban J connectivity index is 2.30.